The SMILES string of the molecule is O=c1[nH]c(C=Cc2cccc3ccccc23)nc2sc(-c3ccccc3)cc12. The van der Waals surface area contributed by atoms with Crippen LogP contribution in [0.15, 0.2) is 83.7 Å². The molecule has 0 radical (unpaired) electrons. The molecule has 0 aliphatic rings. The lowest BCUT2D eigenvalue weighted by molar-refractivity contribution is 1.15. The van der Waals surface area contributed by atoms with Gasteiger partial charge in [0.2, 0.25) is 0 Å². The van der Waals surface area contributed by atoms with Crippen molar-refractivity contribution in [2.75, 3.05) is 0 Å². The Hall–Kier alpha value is -3.50. The zero-order valence-corrected chi connectivity index (χ0v) is 15.7. The van der Waals surface area contributed by atoms with E-state index in [-0.39, 0.29) is 5.56 Å². The van der Waals surface area contributed by atoms with Gasteiger partial charge in [0.1, 0.15) is 10.7 Å². The average molecular weight is 380 g/mol. The van der Waals surface area contributed by atoms with E-state index in [1.807, 2.05) is 66.7 Å². The molecule has 0 atom stereocenters. The summed E-state index contributed by atoms with van der Waals surface area (Å²) in [4.78, 5) is 21.9. The number of nitrogens with zero attached hydrogens (tertiary/aromatic N) is 1. The van der Waals surface area contributed by atoms with Gasteiger partial charge in [-0.25, -0.2) is 4.98 Å². The zero-order valence-electron chi connectivity index (χ0n) is 14.9. The molecule has 0 saturated carbocycles. The maximum absolute atomic E-state index is 12.5. The number of rotatable bonds is 3. The molecule has 0 bridgehead atoms. The maximum atomic E-state index is 12.5. The molecule has 4 heteroatoms. The molecule has 0 unspecified atom stereocenters. The van der Waals surface area contributed by atoms with Crippen LogP contribution in [0.1, 0.15) is 11.4 Å². The van der Waals surface area contributed by atoms with E-state index >= 15 is 0 Å². The van der Waals surface area contributed by atoms with Crippen molar-refractivity contribution in [1.82, 2.24) is 9.97 Å². The molecule has 1 N–H and O–H groups in total. The van der Waals surface area contributed by atoms with Crippen LogP contribution in [0.25, 0.3) is 43.6 Å². The van der Waals surface area contributed by atoms with Crippen LogP contribution in [0.4, 0.5) is 0 Å². The second-order valence-electron chi connectivity index (χ2n) is 6.55. The van der Waals surface area contributed by atoms with Gasteiger partial charge in [-0.1, -0.05) is 78.9 Å². The van der Waals surface area contributed by atoms with Crippen molar-refractivity contribution in [3.8, 4) is 10.4 Å². The molecule has 0 aliphatic carbocycles. The molecule has 0 amide bonds. The largest absolute Gasteiger partial charge is 0.306 e. The van der Waals surface area contributed by atoms with Crippen molar-refractivity contribution < 1.29 is 0 Å². The van der Waals surface area contributed by atoms with E-state index in [2.05, 4.69) is 34.2 Å². The van der Waals surface area contributed by atoms with Crippen LogP contribution >= 0.6 is 11.3 Å². The Kier molecular flexibility index (Phi) is 4.11. The molecule has 134 valence electrons. The standard InChI is InChI=1S/C24H16N2OS/c27-23-20-15-21(18-8-2-1-3-9-18)28-24(20)26-22(25-23)14-13-17-11-6-10-16-7-4-5-12-19(16)17/h1-15H,(H,25,26,27). The Morgan fingerprint density at radius 3 is 2.50 bits per heavy atom. The van der Waals surface area contributed by atoms with Gasteiger partial charge in [-0.05, 0) is 34.0 Å². The first kappa shape index (κ1) is 16.7. The summed E-state index contributed by atoms with van der Waals surface area (Å²) in [5.74, 6) is 0.562. The molecule has 5 rings (SSSR count). The van der Waals surface area contributed by atoms with Gasteiger partial charge in [-0.15, -0.1) is 11.3 Å². The third-order valence-electron chi connectivity index (χ3n) is 4.72. The first-order chi connectivity index (χ1) is 13.8. The van der Waals surface area contributed by atoms with Gasteiger partial charge in [0.25, 0.3) is 5.56 Å². The number of aromatic nitrogens is 2. The van der Waals surface area contributed by atoms with E-state index in [1.165, 1.54) is 22.1 Å². The van der Waals surface area contributed by atoms with Crippen molar-refractivity contribution in [2.24, 2.45) is 0 Å². The molecule has 5 aromatic rings. The van der Waals surface area contributed by atoms with Gasteiger partial charge < -0.3 is 4.98 Å². The van der Waals surface area contributed by atoms with Crippen LogP contribution in [0.2, 0.25) is 0 Å². The number of nitrogens with one attached hydrogen (secondary N) is 1. The van der Waals surface area contributed by atoms with Crippen molar-refractivity contribution in [1.29, 1.82) is 0 Å². The Morgan fingerprint density at radius 2 is 1.61 bits per heavy atom. The quantitative estimate of drug-likeness (QED) is 0.419. The van der Waals surface area contributed by atoms with Gasteiger partial charge in [0.05, 0.1) is 5.39 Å². The second-order valence-corrected chi connectivity index (χ2v) is 7.58. The molecule has 0 saturated heterocycles. The lowest BCUT2D eigenvalue weighted by Gasteiger charge is -2.01. The van der Waals surface area contributed by atoms with Crippen molar-refractivity contribution in [3.05, 3.63) is 101 Å². The lowest BCUT2D eigenvalue weighted by Crippen LogP contribution is -2.07. The number of aromatic amines is 1. The fraction of sp³-hybridized carbons (Fsp3) is 0. The van der Waals surface area contributed by atoms with Gasteiger partial charge in [-0.2, -0.15) is 0 Å². The van der Waals surface area contributed by atoms with E-state index in [9.17, 15) is 4.79 Å². The Morgan fingerprint density at radius 1 is 0.821 bits per heavy atom. The lowest BCUT2D eigenvalue weighted by atomic mass is 10.0. The Balaban J connectivity index is 1.56. The van der Waals surface area contributed by atoms with Gasteiger partial charge in [-0.3, -0.25) is 4.79 Å². The van der Waals surface area contributed by atoms with Crippen LogP contribution in [0, 0.1) is 0 Å². The summed E-state index contributed by atoms with van der Waals surface area (Å²) in [5, 5.41) is 2.99. The average Bonchev–Trinajstić information content (AvgIpc) is 3.18. The first-order valence-corrected chi connectivity index (χ1v) is 9.85. The number of hydrogen-bond acceptors (Lipinski definition) is 3. The molecule has 3 nitrogen and oxygen atoms in total. The third-order valence-corrected chi connectivity index (χ3v) is 5.80. The highest BCUT2D eigenvalue weighted by Gasteiger charge is 2.09. The van der Waals surface area contributed by atoms with Crippen molar-refractivity contribution in [3.63, 3.8) is 0 Å². The summed E-state index contributed by atoms with van der Waals surface area (Å²) < 4.78 is 0. The van der Waals surface area contributed by atoms with Crippen LogP contribution in [-0.2, 0) is 0 Å². The van der Waals surface area contributed by atoms with Crippen LogP contribution < -0.4 is 5.56 Å². The van der Waals surface area contributed by atoms with E-state index in [0.717, 1.165) is 20.8 Å². The van der Waals surface area contributed by atoms with Crippen LogP contribution in [-0.4, -0.2) is 9.97 Å². The highest BCUT2D eigenvalue weighted by molar-refractivity contribution is 7.21. The van der Waals surface area contributed by atoms with Gasteiger partial charge >= 0.3 is 0 Å². The highest BCUT2D eigenvalue weighted by Crippen LogP contribution is 2.30. The predicted molar refractivity (Wildman–Crippen MR) is 119 cm³/mol. The van der Waals surface area contributed by atoms with E-state index in [0.29, 0.717) is 11.2 Å². The molecule has 28 heavy (non-hydrogen) atoms. The predicted octanol–water partition coefficient (Wildman–Crippen LogP) is 5.98. The number of H-pyrrole nitrogens is 1. The Labute approximate surface area is 165 Å². The summed E-state index contributed by atoms with van der Waals surface area (Å²) in [6.45, 7) is 0. The molecule has 2 aromatic heterocycles. The minimum Gasteiger partial charge on any atom is -0.306 e. The Bertz CT molecular complexity index is 1380. The molecule has 0 aliphatic heterocycles. The molecule has 0 spiro atoms. The summed E-state index contributed by atoms with van der Waals surface area (Å²) in [6, 6.07) is 26.4. The maximum Gasteiger partial charge on any atom is 0.259 e. The minimum atomic E-state index is -0.110. The summed E-state index contributed by atoms with van der Waals surface area (Å²) in [5.41, 5.74) is 2.08. The number of fused-ring (bicyclic) bond motifs is 2. The molecular weight excluding hydrogens is 364 g/mol. The van der Waals surface area contributed by atoms with E-state index < -0.39 is 0 Å². The summed E-state index contributed by atoms with van der Waals surface area (Å²) in [6.07, 6.45) is 3.86. The van der Waals surface area contributed by atoms with Crippen LogP contribution in [0.5, 0.6) is 0 Å². The molecular formula is C24H16N2OS. The first-order valence-electron chi connectivity index (χ1n) is 9.03. The van der Waals surface area contributed by atoms with E-state index in [4.69, 9.17) is 0 Å². The summed E-state index contributed by atoms with van der Waals surface area (Å²) in [7, 11) is 0. The summed E-state index contributed by atoms with van der Waals surface area (Å²) >= 11 is 1.54. The van der Waals surface area contributed by atoms with Crippen LogP contribution in [0.3, 0.4) is 0 Å². The molecule has 2 heterocycles. The second kappa shape index (κ2) is 6.91. The number of benzene rings is 3. The smallest absolute Gasteiger partial charge is 0.259 e. The van der Waals surface area contributed by atoms with E-state index in [1.54, 1.807) is 0 Å². The molecule has 3 aromatic carbocycles. The third kappa shape index (κ3) is 3.04. The zero-order chi connectivity index (χ0) is 18.9. The normalized spacial score (nSPS) is 11.6. The minimum absolute atomic E-state index is 0.110. The van der Waals surface area contributed by atoms with Gasteiger partial charge in [0, 0.05) is 4.88 Å². The fourth-order valence-corrected chi connectivity index (χ4v) is 4.38. The fourth-order valence-electron chi connectivity index (χ4n) is 3.34. The number of thiophene rings is 1. The van der Waals surface area contributed by atoms with Crippen molar-refractivity contribution in [2.45, 2.75) is 0 Å². The topological polar surface area (TPSA) is 45.8 Å². The van der Waals surface area contributed by atoms with Gasteiger partial charge in [0.15, 0.2) is 0 Å². The highest BCUT2D eigenvalue weighted by atomic mass is 32.1. The monoisotopic (exact) mass is 380 g/mol. The van der Waals surface area contributed by atoms with Crippen molar-refractivity contribution >= 4 is 44.5 Å². The number of hydrogen-bond donors (Lipinski definition) is 1. The molecule has 0 fully saturated rings.